The van der Waals surface area contributed by atoms with Crippen LogP contribution in [0.2, 0.25) is 0 Å². The lowest BCUT2D eigenvalue weighted by atomic mass is 10.2. The van der Waals surface area contributed by atoms with Gasteiger partial charge in [-0.05, 0) is 23.8 Å². The van der Waals surface area contributed by atoms with Crippen LogP contribution in [0, 0.1) is 0 Å². The lowest BCUT2D eigenvalue weighted by molar-refractivity contribution is 0.0675. The number of carbonyl (C=O) groups is 4. The van der Waals surface area contributed by atoms with Gasteiger partial charge in [-0.3, -0.25) is 4.98 Å². The van der Waals surface area contributed by atoms with E-state index in [1.54, 1.807) is 12.1 Å². The highest BCUT2D eigenvalue weighted by Gasteiger charge is 2.05. The average Bonchev–Trinajstić information content (AvgIpc) is 3.05. The van der Waals surface area contributed by atoms with Gasteiger partial charge in [-0.2, -0.15) is 0 Å². The molecule has 0 saturated carbocycles. The largest absolute Gasteiger partial charge is 0.478 e. The van der Waals surface area contributed by atoms with Gasteiger partial charge >= 0.3 is 23.9 Å². The summed E-state index contributed by atoms with van der Waals surface area (Å²) in [6.45, 7) is 1.26. The molecule has 18 heteroatoms. The van der Waals surface area contributed by atoms with Crippen molar-refractivity contribution < 1.29 is 39.6 Å². The lowest BCUT2D eigenvalue weighted by Crippen LogP contribution is -2.05. The quantitative estimate of drug-likeness (QED) is 0.127. The monoisotopic (exact) mass is 610 g/mol. The Morgan fingerprint density at radius 3 is 1.41 bits per heavy atom. The van der Waals surface area contributed by atoms with E-state index >= 15 is 0 Å². The molecular formula is C26H30N10O8. The number of rotatable bonds is 8. The predicted octanol–water partition coefficient (Wildman–Crippen LogP) is -0.256. The van der Waals surface area contributed by atoms with Gasteiger partial charge in [0.1, 0.15) is 11.5 Å². The van der Waals surface area contributed by atoms with Crippen molar-refractivity contribution in [2.45, 2.75) is 26.2 Å². The molecular weight excluding hydrogens is 580 g/mol. The van der Waals surface area contributed by atoms with E-state index in [2.05, 4.69) is 29.9 Å². The third kappa shape index (κ3) is 13.2. The summed E-state index contributed by atoms with van der Waals surface area (Å²) in [6.07, 6.45) is 8.02. The zero-order valence-electron chi connectivity index (χ0n) is 23.0. The molecule has 0 spiro atoms. The Hall–Kier alpha value is -5.82. The van der Waals surface area contributed by atoms with Gasteiger partial charge in [-0.1, -0.05) is 6.07 Å². The number of carboxylic acids is 4. The van der Waals surface area contributed by atoms with E-state index in [-0.39, 0.29) is 29.2 Å². The van der Waals surface area contributed by atoms with Crippen molar-refractivity contribution >= 4 is 23.9 Å². The molecule has 0 bridgehead atoms. The number of nitrogens with two attached hydrogens (primary N) is 4. The summed E-state index contributed by atoms with van der Waals surface area (Å²) in [7, 11) is 0. The zero-order valence-corrected chi connectivity index (χ0v) is 23.0. The number of aromatic nitrogens is 6. The Morgan fingerprint density at radius 1 is 0.500 bits per heavy atom. The van der Waals surface area contributed by atoms with Crippen molar-refractivity contribution in [2.75, 3.05) is 0 Å². The maximum Gasteiger partial charge on any atom is 0.373 e. The van der Waals surface area contributed by atoms with Crippen molar-refractivity contribution in [3.63, 3.8) is 0 Å². The molecule has 44 heavy (non-hydrogen) atoms. The van der Waals surface area contributed by atoms with Gasteiger partial charge in [0.05, 0.1) is 23.4 Å². The van der Waals surface area contributed by atoms with Crippen LogP contribution in [0.1, 0.15) is 64.5 Å². The molecule has 0 atom stereocenters. The molecule has 0 fully saturated rings. The second kappa shape index (κ2) is 19.3. The maximum atomic E-state index is 10.3. The van der Waals surface area contributed by atoms with E-state index in [0.717, 1.165) is 11.1 Å². The smallest absolute Gasteiger partial charge is 0.373 e. The number of pyridine rings is 2. The predicted molar refractivity (Wildman–Crippen MR) is 152 cm³/mol. The molecule has 0 aliphatic carbocycles. The first-order valence-corrected chi connectivity index (χ1v) is 12.2. The van der Waals surface area contributed by atoms with Crippen LogP contribution in [-0.2, 0) is 26.2 Å². The van der Waals surface area contributed by atoms with Gasteiger partial charge in [0.15, 0.2) is 0 Å². The molecule has 0 aliphatic rings. The number of hydrogen-bond acceptors (Lipinski definition) is 14. The second-order valence-electron chi connectivity index (χ2n) is 7.93. The topological polar surface area (TPSA) is 331 Å². The molecule has 4 aromatic heterocycles. The minimum Gasteiger partial charge on any atom is -0.478 e. The van der Waals surface area contributed by atoms with E-state index < -0.39 is 23.9 Å². The summed E-state index contributed by atoms with van der Waals surface area (Å²) in [4.78, 5) is 63.2. The number of hydrogen-bond donors (Lipinski definition) is 8. The molecule has 0 saturated heterocycles. The van der Waals surface area contributed by atoms with Gasteiger partial charge < -0.3 is 43.4 Å². The molecule has 0 radical (unpaired) electrons. The summed E-state index contributed by atoms with van der Waals surface area (Å²) < 4.78 is 0. The lowest BCUT2D eigenvalue weighted by Gasteiger charge is -1.95. The Balaban J connectivity index is 0.000000293. The number of nitrogens with zero attached hydrogens (tertiary/aromatic N) is 6. The fourth-order valence-corrected chi connectivity index (χ4v) is 2.48. The van der Waals surface area contributed by atoms with E-state index in [9.17, 15) is 19.2 Å². The fraction of sp³-hybridized carbons (Fsp3) is 0.154. The number of carboxylic acid groups (broad SMARTS) is 4. The Bertz CT molecular complexity index is 1260. The molecule has 232 valence electrons. The van der Waals surface area contributed by atoms with Crippen LogP contribution < -0.4 is 22.9 Å². The van der Waals surface area contributed by atoms with Crippen LogP contribution in [0.3, 0.4) is 0 Å². The van der Waals surface area contributed by atoms with E-state index in [1.807, 2.05) is 0 Å². The molecule has 0 aliphatic heterocycles. The summed E-state index contributed by atoms with van der Waals surface area (Å²) >= 11 is 0. The van der Waals surface area contributed by atoms with Crippen molar-refractivity contribution in [3.8, 4) is 0 Å². The first-order valence-electron chi connectivity index (χ1n) is 12.2. The van der Waals surface area contributed by atoms with Crippen molar-refractivity contribution in [2.24, 2.45) is 22.9 Å². The fourth-order valence-electron chi connectivity index (χ4n) is 2.48. The minimum atomic E-state index is -1.13. The highest BCUT2D eigenvalue weighted by atomic mass is 16.4. The maximum absolute atomic E-state index is 10.3. The van der Waals surface area contributed by atoms with Crippen LogP contribution in [0.5, 0.6) is 0 Å². The first-order chi connectivity index (χ1) is 20.9. The van der Waals surface area contributed by atoms with E-state index in [1.165, 1.54) is 49.3 Å². The van der Waals surface area contributed by atoms with Crippen molar-refractivity contribution in [3.05, 3.63) is 107 Å². The standard InChI is InChI=1S/2C7H8N2O2.2C6H7N3O2/c8-3-6-2-1-5(4-9-6)7(10)11;8-3-5-1-2-6(7(10)11)9-4-5;7-1-5-8-2-4(3-9-5)6(10)11;7-1-4-2-8-5(6(10)11)9-3-4/h2*1-2,4H,3,8H2,(H,10,11);2*2-3H,1,7H2,(H,10,11). The van der Waals surface area contributed by atoms with Crippen LogP contribution in [0.15, 0.2) is 61.4 Å². The highest BCUT2D eigenvalue weighted by Crippen LogP contribution is 2.00. The van der Waals surface area contributed by atoms with Crippen LogP contribution in [0.25, 0.3) is 0 Å². The second-order valence-corrected chi connectivity index (χ2v) is 7.93. The van der Waals surface area contributed by atoms with Crippen molar-refractivity contribution in [1.29, 1.82) is 0 Å². The van der Waals surface area contributed by atoms with Gasteiger partial charge in [0.2, 0.25) is 5.82 Å². The number of aromatic carboxylic acids is 4. The molecule has 12 N–H and O–H groups in total. The normalized spacial score (nSPS) is 9.55. The van der Waals surface area contributed by atoms with E-state index in [4.69, 9.17) is 43.4 Å². The molecule has 0 unspecified atom stereocenters. The molecule has 4 rings (SSSR count). The summed E-state index contributed by atoms with van der Waals surface area (Å²) in [5.41, 5.74) is 23.5. The Kier molecular flexibility index (Phi) is 15.9. The summed E-state index contributed by atoms with van der Waals surface area (Å²) in [5, 5.41) is 33.8. The molecule has 0 aromatic carbocycles. The molecule has 4 aromatic rings. The average molecular weight is 611 g/mol. The Labute approximate surface area is 249 Å². The third-order valence-electron chi connectivity index (χ3n) is 4.83. The van der Waals surface area contributed by atoms with E-state index in [0.29, 0.717) is 31.2 Å². The molecule has 18 nitrogen and oxygen atoms in total. The minimum absolute atomic E-state index is 0.0437. The van der Waals surface area contributed by atoms with Crippen LogP contribution >= 0.6 is 0 Å². The highest BCUT2D eigenvalue weighted by molar-refractivity contribution is 5.87. The van der Waals surface area contributed by atoms with Gasteiger partial charge in [-0.25, -0.2) is 44.1 Å². The van der Waals surface area contributed by atoms with Crippen molar-refractivity contribution in [1.82, 2.24) is 29.9 Å². The third-order valence-corrected chi connectivity index (χ3v) is 4.83. The molecule has 4 heterocycles. The SMILES string of the molecule is NCc1ccc(C(=O)O)cn1.NCc1ccc(C(=O)O)nc1.NCc1cnc(C(=O)O)nc1.NCc1ncc(C(=O)O)cn1. The Morgan fingerprint density at radius 2 is 1.05 bits per heavy atom. The zero-order chi connectivity index (χ0) is 33.1. The van der Waals surface area contributed by atoms with Crippen LogP contribution in [-0.4, -0.2) is 74.2 Å². The van der Waals surface area contributed by atoms with Gasteiger partial charge in [0.25, 0.3) is 0 Å². The first kappa shape index (κ1) is 36.2. The molecule has 0 amide bonds. The van der Waals surface area contributed by atoms with Gasteiger partial charge in [-0.15, -0.1) is 0 Å². The van der Waals surface area contributed by atoms with Gasteiger partial charge in [0, 0.05) is 62.4 Å². The van der Waals surface area contributed by atoms with Crippen LogP contribution in [0.4, 0.5) is 0 Å². The summed E-state index contributed by atoms with van der Waals surface area (Å²) in [5.74, 6) is -3.92. The summed E-state index contributed by atoms with van der Waals surface area (Å²) in [6, 6.07) is 6.17.